The van der Waals surface area contributed by atoms with Gasteiger partial charge in [0.2, 0.25) is 0 Å². The molecule has 0 saturated carbocycles. The van der Waals surface area contributed by atoms with E-state index in [0.717, 1.165) is 0 Å². The molecule has 21 heavy (non-hydrogen) atoms. The highest BCUT2D eigenvalue weighted by Gasteiger charge is 2.25. The van der Waals surface area contributed by atoms with Crippen LogP contribution in [0.25, 0.3) is 11.0 Å². The summed E-state index contributed by atoms with van der Waals surface area (Å²) in [5, 5.41) is 0. The molecule has 116 valence electrons. The molecule has 1 aromatic heterocycles. The number of halogens is 4. The second kappa shape index (κ2) is 6.05. The number of methoxy groups -OCH3 is 1. The maximum Gasteiger partial charge on any atom is 0.389 e. The van der Waals surface area contributed by atoms with Crippen LogP contribution < -0.4 is 4.74 Å². The van der Waals surface area contributed by atoms with Crippen molar-refractivity contribution in [1.82, 2.24) is 9.55 Å². The van der Waals surface area contributed by atoms with Crippen LogP contribution in [-0.4, -0.2) is 22.8 Å². The molecule has 3 nitrogen and oxygen atoms in total. The third kappa shape index (κ3) is 3.75. The van der Waals surface area contributed by atoms with E-state index >= 15 is 0 Å². The minimum Gasteiger partial charge on any atom is -0.494 e. The number of fused-ring (bicyclic) bond motifs is 1. The van der Waals surface area contributed by atoms with Crippen LogP contribution in [0.15, 0.2) is 12.1 Å². The fraction of sp³-hybridized carbons (Fsp3) is 0.462. The molecule has 2 rings (SSSR count). The summed E-state index contributed by atoms with van der Waals surface area (Å²) in [5.41, 5.74) is 1.11. The zero-order chi connectivity index (χ0) is 15.6. The van der Waals surface area contributed by atoms with Crippen LogP contribution in [0, 0.1) is 10.6 Å². The smallest absolute Gasteiger partial charge is 0.389 e. The number of aryl methyl sites for hydroxylation is 1. The first kappa shape index (κ1) is 15.8. The van der Waals surface area contributed by atoms with Gasteiger partial charge in [-0.3, -0.25) is 0 Å². The number of aromatic amines is 1. The van der Waals surface area contributed by atoms with Crippen molar-refractivity contribution in [3.05, 3.63) is 22.7 Å². The Morgan fingerprint density at radius 1 is 1.29 bits per heavy atom. The molecule has 2 aromatic rings. The number of ether oxygens (including phenoxy) is 1. The second-order valence-electron chi connectivity index (χ2n) is 4.66. The number of nitrogens with zero attached hydrogens (tertiary/aromatic N) is 1. The Kier molecular flexibility index (Phi) is 4.55. The van der Waals surface area contributed by atoms with Gasteiger partial charge < -0.3 is 14.3 Å². The summed E-state index contributed by atoms with van der Waals surface area (Å²) in [4.78, 5) is 2.84. The van der Waals surface area contributed by atoms with Crippen LogP contribution in [0.5, 0.6) is 5.75 Å². The van der Waals surface area contributed by atoms with E-state index in [4.69, 9.17) is 17.0 Å². The highest BCUT2D eigenvalue weighted by Crippen LogP contribution is 2.26. The van der Waals surface area contributed by atoms with E-state index in [1.54, 1.807) is 4.57 Å². The van der Waals surface area contributed by atoms with Crippen LogP contribution in [0.4, 0.5) is 17.6 Å². The molecule has 0 radical (unpaired) electrons. The molecule has 1 aromatic carbocycles. The number of aromatic nitrogens is 2. The quantitative estimate of drug-likeness (QED) is 0.496. The summed E-state index contributed by atoms with van der Waals surface area (Å²) >= 11 is 5.12. The van der Waals surface area contributed by atoms with Crippen molar-refractivity contribution in [2.75, 3.05) is 7.11 Å². The Morgan fingerprint density at radius 2 is 2.00 bits per heavy atom. The lowest BCUT2D eigenvalue weighted by Gasteiger charge is -2.08. The van der Waals surface area contributed by atoms with E-state index in [1.165, 1.54) is 19.2 Å². The zero-order valence-corrected chi connectivity index (χ0v) is 12.1. The molecule has 0 fully saturated rings. The van der Waals surface area contributed by atoms with Crippen LogP contribution in [0.3, 0.4) is 0 Å². The summed E-state index contributed by atoms with van der Waals surface area (Å²) in [7, 11) is 1.35. The predicted octanol–water partition coefficient (Wildman–Crippen LogP) is 4.58. The van der Waals surface area contributed by atoms with Gasteiger partial charge in [0.25, 0.3) is 0 Å². The lowest BCUT2D eigenvalue weighted by molar-refractivity contribution is -0.135. The maximum atomic E-state index is 13.6. The molecule has 0 spiro atoms. The van der Waals surface area contributed by atoms with Crippen molar-refractivity contribution in [3.63, 3.8) is 0 Å². The predicted molar refractivity (Wildman–Crippen MR) is 73.5 cm³/mol. The number of nitrogens with one attached hydrogen (secondary N) is 1. The van der Waals surface area contributed by atoms with Gasteiger partial charge in [-0.2, -0.15) is 13.2 Å². The summed E-state index contributed by atoms with van der Waals surface area (Å²) in [5.74, 6) is -0.453. The number of H-pyrrole nitrogens is 1. The maximum absolute atomic E-state index is 13.6. The first-order chi connectivity index (χ1) is 9.81. The standard InChI is InChI=1S/C13H14F4N2OS/c1-20-11-7-10-9(6-8(11)14)18-12(21)19(10)5-3-2-4-13(15,16)17/h6-7H,2-5H2,1H3,(H,18,21). The van der Waals surface area contributed by atoms with Gasteiger partial charge in [-0.25, -0.2) is 4.39 Å². The van der Waals surface area contributed by atoms with Gasteiger partial charge in [-0.1, -0.05) is 0 Å². The van der Waals surface area contributed by atoms with E-state index < -0.39 is 18.4 Å². The van der Waals surface area contributed by atoms with E-state index in [1.807, 2.05) is 0 Å². The average molecular weight is 322 g/mol. The molecule has 0 saturated heterocycles. The Bertz CT molecular complexity index is 690. The van der Waals surface area contributed by atoms with Gasteiger partial charge in [0, 0.05) is 25.1 Å². The molecular weight excluding hydrogens is 308 g/mol. The molecule has 0 aliphatic rings. The van der Waals surface area contributed by atoms with Crippen LogP contribution in [0.2, 0.25) is 0 Å². The average Bonchev–Trinajstić information content (AvgIpc) is 2.67. The minimum atomic E-state index is -4.14. The molecule has 0 unspecified atom stereocenters. The summed E-state index contributed by atoms with van der Waals surface area (Å²) in [6.45, 7) is 0.337. The lowest BCUT2D eigenvalue weighted by atomic mass is 10.2. The van der Waals surface area contributed by atoms with Gasteiger partial charge in [-0.15, -0.1) is 0 Å². The highest BCUT2D eigenvalue weighted by molar-refractivity contribution is 7.71. The topological polar surface area (TPSA) is 29.9 Å². The Labute approximate surface area is 123 Å². The van der Waals surface area contributed by atoms with Gasteiger partial charge in [0.15, 0.2) is 16.3 Å². The second-order valence-corrected chi connectivity index (χ2v) is 5.04. The zero-order valence-electron chi connectivity index (χ0n) is 11.3. The Morgan fingerprint density at radius 3 is 2.62 bits per heavy atom. The number of imidazole rings is 1. The fourth-order valence-electron chi connectivity index (χ4n) is 2.13. The molecule has 0 aliphatic carbocycles. The lowest BCUT2D eigenvalue weighted by Crippen LogP contribution is -2.07. The first-order valence-electron chi connectivity index (χ1n) is 6.34. The number of benzene rings is 1. The van der Waals surface area contributed by atoms with Crippen LogP contribution in [-0.2, 0) is 6.54 Å². The number of hydrogen-bond acceptors (Lipinski definition) is 2. The van der Waals surface area contributed by atoms with Gasteiger partial charge in [0.1, 0.15) is 0 Å². The molecule has 0 amide bonds. The minimum absolute atomic E-state index is 0.0241. The summed E-state index contributed by atoms with van der Waals surface area (Å²) in [6, 6.07) is 2.75. The number of unbranched alkanes of at least 4 members (excludes halogenated alkanes) is 1. The van der Waals surface area contributed by atoms with E-state index in [0.29, 0.717) is 28.8 Å². The van der Waals surface area contributed by atoms with Crippen molar-refractivity contribution in [3.8, 4) is 5.75 Å². The van der Waals surface area contributed by atoms with Crippen molar-refractivity contribution in [2.24, 2.45) is 0 Å². The Hall–Kier alpha value is -1.57. The SMILES string of the molecule is COc1cc2c(cc1F)[nH]c(=S)n2CCCCC(F)(F)F. The monoisotopic (exact) mass is 322 g/mol. The molecule has 1 heterocycles. The molecule has 0 atom stereocenters. The third-order valence-electron chi connectivity index (χ3n) is 3.14. The van der Waals surface area contributed by atoms with Gasteiger partial charge >= 0.3 is 6.18 Å². The largest absolute Gasteiger partial charge is 0.494 e. The van der Waals surface area contributed by atoms with Crippen molar-refractivity contribution in [1.29, 1.82) is 0 Å². The van der Waals surface area contributed by atoms with Gasteiger partial charge in [0.05, 0.1) is 18.1 Å². The molecule has 1 N–H and O–H groups in total. The number of hydrogen-bond donors (Lipinski definition) is 1. The van der Waals surface area contributed by atoms with E-state index in [-0.39, 0.29) is 12.2 Å². The fourth-order valence-corrected chi connectivity index (χ4v) is 2.43. The third-order valence-corrected chi connectivity index (χ3v) is 3.46. The number of rotatable bonds is 5. The highest BCUT2D eigenvalue weighted by atomic mass is 32.1. The molecule has 0 bridgehead atoms. The van der Waals surface area contributed by atoms with Crippen LogP contribution in [0.1, 0.15) is 19.3 Å². The molecule has 0 aliphatic heterocycles. The Balaban J connectivity index is 2.19. The van der Waals surface area contributed by atoms with E-state index in [2.05, 4.69) is 4.98 Å². The van der Waals surface area contributed by atoms with Gasteiger partial charge in [-0.05, 0) is 25.1 Å². The van der Waals surface area contributed by atoms with Crippen molar-refractivity contribution < 1.29 is 22.3 Å². The van der Waals surface area contributed by atoms with Crippen LogP contribution >= 0.6 is 12.2 Å². The van der Waals surface area contributed by atoms with E-state index in [9.17, 15) is 17.6 Å². The normalized spacial score (nSPS) is 12.0. The van der Waals surface area contributed by atoms with Crippen molar-refractivity contribution in [2.45, 2.75) is 32.0 Å². The van der Waals surface area contributed by atoms with Crippen molar-refractivity contribution >= 4 is 23.3 Å². The number of alkyl halides is 3. The molecular formula is C13H14F4N2OS. The molecule has 8 heteroatoms. The first-order valence-corrected chi connectivity index (χ1v) is 6.75. The summed E-state index contributed by atoms with van der Waals surface area (Å²) in [6.07, 6.45) is -4.61. The summed E-state index contributed by atoms with van der Waals surface area (Å²) < 4.78 is 56.8.